The summed E-state index contributed by atoms with van der Waals surface area (Å²) in [4.78, 5) is 0. The van der Waals surface area contributed by atoms with Crippen molar-refractivity contribution in [2.24, 2.45) is 0 Å². The summed E-state index contributed by atoms with van der Waals surface area (Å²) in [5, 5.41) is 0. The molecule has 0 aromatic rings. The first kappa shape index (κ1) is 10.0. The van der Waals surface area contributed by atoms with Crippen LogP contribution in [-0.4, -0.2) is 0 Å². The van der Waals surface area contributed by atoms with Gasteiger partial charge in [0.2, 0.25) is 0 Å². The average molecular weight is 339 g/mol. The first-order valence-corrected chi connectivity index (χ1v) is 10.2. The van der Waals surface area contributed by atoms with Gasteiger partial charge in [0.25, 0.3) is 0 Å². The monoisotopic (exact) mass is 336 g/mol. The van der Waals surface area contributed by atoms with Crippen LogP contribution in [0.1, 0.15) is 0 Å². The maximum atomic E-state index is 8.39. The molecule has 0 N–H and O–H groups in total. The number of rotatable bonds is 0. The topological polar surface area (TPSA) is 17.1 Å². The van der Waals surface area contributed by atoms with Crippen molar-refractivity contribution in [1.82, 2.24) is 0 Å². The molecule has 0 rings (SSSR count). The molecule has 0 radical (unpaired) electrons. The third-order valence-electron chi connectivity index (χ3n) is 0. The van der Waals surface area contributed by atoms with Gasteiger partial charge in [0.1, 0.15) is 0 Å². The van der Waals surface area contributed by atoms with Crippen molar-refractivity contribution in [2.75, 3.05) is 0 Å². The fourth-order valence-corrected chi connectivity index (χ4v) is 0. The van der Waals surface area contributed by atoms with Gasteiger partial charge in [-0.1, -0.05) is 0 Å². The van der Waals surface area contributed by atoms with Gasteiger partial charge in [-0.25, -0.2) is 0 Å². The Morgan fingerprint density at radius 1 is 1.25 bits per heavy atom. The first-order valence-electron chi connectivity index (χ1n) is 0.454. The third-order valence-corrected chi connectivity index (χ3v) is 0. The van der Waals surface area contributed by atoms with E-state index in [1.54, 1.807) is 39.9 Å². The summed E-state index contributed by atoms with van der Waals surface area (Å²) in [5.74, 6) is 0. The van der Waals surface area contributed by atoms with E-state index < -0.39 is 0 Å². The van der Waals surface area contributed by atoms with Gasteiger partial charge in [-0.05, 0) is 0 Å². The molecule has 0 bridgehead atoms. The molecule has 0 aliphatic carbocycles. The molecule has 1 nitrogen and oxygen atoms in total. The Hall–Kier alpha value is 2.94. The summed E-state index contributed by atoms with van der Waals surface area (Å²) in [6.45, 7) is 0. The van der Waals surface area contributed by atoms with Gasteiger partial charge < -0.3 is 0 Å². The predicted octanol–water partition coefficient (Wildman–Crippen LogP) is -0.124. The van der Waals surface area contributed by atoms with Gasteiger partial charge in [-0.15, -0.1) is 0 Å². The standard InChI is InChI=1S/Ce.O.2Zr. The van der Waals surface area contributed by atoms with Crippen LogP contribution in [0.5, 0.6) is 0 Å². The summed E-state index contributed by atoms with van der Waals surface area (Å²) in [7, 11) is 0. The predicted molar refractivity (Wildman–Crippen MR) is 0.686 cm³/mol. The van der Waals surface area contributed by atoms with Gasteiger partial charge in [-0.3, -0.25) is 0 Å². The zero-order valence-electron chi connectivity index (χ0n) is 1.91. The molecule has 0 saturated carbocycles. The number of hydrogen-bond acceptors (Lipinski definition) is 1. The molecule has 0 fully saturated rings. The van der Waals surface area contributed by atoms with E-state index in [-0.39, 0.29) is 39.8 Å². The van der Waals surface area contributed by atoms with E-state index in [9.17, 15) is 0 Å². The van der Waals surface area contributed by atoms with E-state index >= 15 is 0 Å². The SMILES string of the molecule is [O]=[Ce].[Zr][Zr]. The Kier molecular flexibility index (Phi) is 42.1. The van der Waals surface area contributed by atoms with Crippen molar-refractivity contribution in [2.45, 2.75) is 0 Å². The third kappa shape index (κ3) is 8.87. The Labute approximate surface area is 78.2 Å². The molecule has 0 aromatic carbocycles. The molecule has 0 aliphatic rings. The van der Waals surface area contributed by atoms with E-state index in [1.165, 1.54) is 0 Å². The molecule has 18 valence electrons. The Bertz CT molecular complexity index is 6.00. The van der Waals surface area contributed by atoms with Crippen LogP contribution in [0.25, 0.3) is 0 Å². The van der Waals surface area contributed by atoms with Crippen molar-refractivity contribution in [1.29, 1.82) is 0 Å². The molecule has 0 unspecified atom stereocenters. The van der Waals surface area contributed by atoms with Gasteiger partial charge >= 0.3 is 80.6 Å². The van der Waals surface area contributed by atoms with Crippen molar-refractivity contribution in [3.63, 3.8) is 0 Å². The Morgan fingerprint density at radius 2 is 1.25 bits per heavy atom. The normalized spacial score (nSPS) is 1.25. The molecule has 4 heavy (non-hydrogen) atoms. The Balaban J connectivity index is 0. The van der Waals surface area contributed by atoms with Crippen LogP contribution in [0.4, 0.5) is 0 Å². The minimum absolute atomic E-state index is 0.0556. The van der Waals surface area contributed by atoms with Gasteiger partial charge in [0.05, 0.1) is 0 Å². The fourth-order valence-electron chi connectivity index (χ4n) is 0. The van der Waals surface area contributed by atoms with Crippen molar-refractivity contribution >= 4 is 0 Å². The van der Waals surface area contributed by atoms with Gasteiger partial charge in [-0.2, -0.15) is 0 Å². The molecule has 0 spiro atoms. The number of hydrogen-bond donors (Lipinski definition) is 0. The van der Waals surface area contributed by atoms with Crippen molar-refractivity contribution in [3.8, 4) is 0 Å². The molecule has 0 amide bonds. The van der Waals surface area contributed by atoms with E-state index in [0.717, 1.165) is 0 Å². The average Bonchev–Trinajstić information content (AvgIpc) is 1.50. The second-order valence-corrected chi connectivity index (χ2v) is 0. The van der Waals surface area contributed by atoms with E-state index in [2.05, 4.69) is 0 Å². The zero-order valence-corrected chi connectivity index (χ0v) is 9.96. The Morgan fingerprint density at radius 3 is 1.25 bits per heavy atom. The van der Waals surface area contributed by atoms with E-state index in [4.69, 9.17) is 0.938 Å². The quantitative estimate of drug-likeness (QED) is 0.602. The van der Waals surface area contributed by atoms with Gasteiger partial charge in [0.15, 0.2) is 0 Å². The first-order chi connectivity index (χ1) is 2.00. The summed E-state index contributed by atoms with van der Waals surface area (Å²) < 4.78 is 8.39. The summed E-state index contributed by atoms with van der Waals surface area (Å²) in [6.07, 6.45) is 0. The van der Waals surface area contributed by atoms with Crippen LogP contribution in [0.15, 0.2) is 0 Å². The fraction of sp³-hybridized carbons (Fsp3) is 0. The molecular formula is CeOZr2. The maximum absolute atomic E-state index is 8.39. The molecule has 0 heterocycles. The van der Waals surface area contributed by atoms with Crippen LogP contribution < -0.4 is 0 Å². The van der Waals surface area contributed by atoms with Crippen LogP contribution in [-0.2, 0) is 40.8 Å². The van der Waals surface area contributed by atoms with Crippen LogP contribution in [0, 0.1) is 39.8 Å². The summed E-state index contributed by atoms with van der Waals surface area (Å²) in [6, 6.07) is 0. The van der Waals surface area contributed by atoms with E-state index in [1.807, 2.05) is 0 Å². The molecule has 0 saturated heterocycles. The van der Waals surface area contributed by atoms with Crippen molar-refractivity contribution < 1.29 is 80.6 Å². The summed E-state index contributed by atoms with van der Waals surface area (Å²) in [5.41, 5.74) is 0. The minimum atomic E-state index is 0.0556. The zero-order chi connectivity index (χ0) is 4.00. The van der Waals surface area contributed by atoms with Crippen LogP contribution in [0.3, 0.4) is 0 Å². The molecule has 0 aliphatic heterocycles. The van der Waals surface area contributed by atoms with Gasteiger partial charge in [0, 0.05) is 0 Å². The second kappa shape index (κ2) is 16.8. The van der Waals surface area contributed by atoms with Crippen molar-refractivity contribution in [3.05, 3.63) is 0 Å². The second-order valence-electron chi connectivity index (χ2n) is 0. The molecular weight excluding hydrogens is 339 g/mol. The van der Waals surface area contributed by atoms with Crippen LogP contribution in [0.2, 0.25) is 0 Å². The molecule has 4 heteroatoms. The van der Waals surface area contributed by atoms with E-state index in [0.29, 0.717) is 0 Å². The summed E-state index contributed by atoms with van der Waals surface area (Å²) >= 11 is 3.34. The van der Waals surface area contributed by atoms with Crippen LogP contribution >= 0.6 is 0 Å². The molecule has 0 atom stereocenters. The molecule has 0 aromatic heterocycles.